The molecule has 2 heteroatoms. The Morgan fingerprint density at radius 1 is 1.42 bits per heavy atom. The van der Waals surface area contributed by atoms with E-state index in [1.54, 1.807) is 0 Å². The first-order valence-corrected chi connectivity index (χ1v) is 5.89. The third-order valence-electron chi connectivity index (χ3n) is 3.22. The van der Waals surface area contributed by atoms with E-state index in [1.165, 1.54) is 18.6 Å². The molecule has 1 aliphatic carbocycles. The summed E-state index contributed by atoms with van der Waals surface area (Å²) < 4.78 is 0.00505. The van der Waals surface area contributed by atoms with E-state index in [1.807, 2.05) is 11.8 Å². The molecule has 0 aromatic heterocycles. The average molecular weight is 184 g/mol. The molecule has 2 fully saturated rings. The molecule has 1 nitrogen and oxygen atoms in total. The number of ketones is 1. The van der Waals surface area contributed by atoms with Crippen LogP contribution in [0.2, 0.25) is 0 Å². The minimum Gasteiger partial charge on any atom is -0.298 e. The number of carbonyl (C=O) groups excluding carboxylic acids is 1. The highest BCUT2D eigenvalue weighted by Gasteiger charge is 2.42. The maximum atomic E-state index is 11.9. The molecule has 1 saturated heterocycles. The van der Waals surface area contributed by atoms with Gasteiger partial charge in [0.25, 0.3) is 0 Å². The summed E-state index contributed by atoms with van der Waals surface area (Å²) in [6.07, 6.45) is 5.95. The van der Waals surface area contributed by atoms with Gasteiger partial charge >= 0.3 is 0 Å². The van der Waals surface area contributed by atoms with Crippen LogP contribution in [0.3, 0.4) is 0 Å². The summed E-state index contributed by atoms with van der Waals surface area (Å²) >= 11 is 1.88. The molecule has 0 spiro atoms. The normalized spacial score (nSPS) is 36.4. The molecule has 1 aliphatic heterocycles. The lowest BCUT2D eigenvalue weighted by molar-refractivity contribution is -0.127. The Labute approximate surface area is 78.3 Å². The summed E-state index contributed by atoms with van der Waals surface area (Å²) in [5, 5.41) is 0. The predicted molar refractivity (Wildman–Crippen MR) is 52.4 cm³/mol. The zero-order chi connectivity index (χ0) is 8.60. The van der Waals surface area contributed by atoms with Crippen LogP contribution in [0.25, 0.3) is 0 Å². The third kappa shape index (κ3) is 1.30. The first kappa shape index (κ1) is 8.61. The second-order valence-corrected chi connectivity index (χ2v) is 5.77. The van der Waals surface area contributed by atoms with Crippen LogP contribution in [0, 0.1) is 5.92 Å². The molecule has 0 aromatic rings. The molecular weight excluding hydrogens is 168 g/mol. The fraction of sp³-hybridized carbons (Fsp3) is 0.900. The van der Waals surface area contributed by atoms with Crippen molar-refractivity contribution in [1.82, 2.24) is 0 Å². The first-order chi connectivity index (χ1) is 5.72. The van der Waals surface area contributed by atoms with Crippen molar-refractivity contribution >= 4 is 17.5 Å². The Morgan fingerprint density at radius 2 is 2.17 bits per heavy atom. The molecule has 0 bridgehead atoms. The van der Waals surface area contributed by atoms with Crippen LogP contribution < -0.4 is 0 Å². The summed E-state index contributed by atoms with van der Waals surface area (Å²) in [5.41, 5.74) is 0. The van der Waals surface area contributed by atoms with Crippen LogP contribution in [0.1, 0.15) is 39.0 Å². The van der Waals surface area contributed by atoms with Gasteiger partial charge in [-0.15, -0.1) is 11.8 Å². The molecule has 0 radical (unpaired) electrons. The third-order valence-corrected chi connectivity index (χ3v) is 4.75. The molecule has 68 valence electrons. The van der Waals surface area contributed by atoms with Crippen LogP contribution >= 0.6 is 11.8 Å². The predicted octanol–water partition coefficient (Wildman–Crippen LogP) is 2.64. The van der Waals surface area contributed by atoms with E-state index in [0.717, 1.165) is 19.3 Å². The maximum absolute atomic E-state index is 11.9. The number of Topliss-reactive ketones (excluding diaryl/α,β-unsaturated/α-hetero) is 1. The Morgan fingerprint density at radius 3 is 2.58 bits per heavy atom. The summed E-state index contributed by atoms with van der Waals surface area (Å²) in [6.45, 7) is 2.14. The van der Waals surface area contributed by atoms with Crippen molar-refractivity contribution in [2.75, 3.05) is 5.75 Å². The van der Waals surface area contributed by atoms with Crippen LogP contribution in [0.15, 0.2) is 0 Å². The molecule has 1 atom stereocenters. The molecule has 0 amide bonds. The minimum atomic E-state index is 0.00505. The fourth-order valence-corrected chi connectivity index (χ4v) is 3.41. The van der Waals surface area contributed by atoms with Crippen molar-refractivity contribution in [3.63, 3.8) is 0 Å². The van der Waals surface area contributed by atoms with E-state index in [0.29, 0.717) is 11.7 Å². The number of hydrogen-bond donors (Lipinski definition) is 0. The first-order valence-electron chi connectivity index (χ1n) is 4.91. The van der Waals surface area contributed by atoms with E-state index in [-0.39, 0.29) is 4.75 Å². The summed E-state index contributed by atoms with van der Waals surface area (Å²) in [5.74, 6) is 2.17. The van der Waals surface area contributed by atoms with E-state index >= 15 is 0 Å². The van der Waals surface area contributed by atoms with Crippen LogP contribution in [0.4, 0.5) is 0 Å². The molecule has 0 N–H and O–H groups in total. The van der Waals surface area contributed by atoms with Gasteiger partial charge in [0.1, 0.15) is 0 Å². The van der Waals surface area contributed by atoms with E-state index in [2.05, 4.69) is 6.92 Å². The topological polar surface area (TPSA) is 17.1 Å². The Kier molecular flexibility index (Phi) is 2.19. The Balaban J connectivity index is 2.01. The van der Waals surface area contributed by atoms with Crippen LogP contribution in [-0.4, -0.2) is 16.3 Å². The van der Waals surface area contributed by atoms with Crippen molar-refractivity contribution in [2.24, 2.45) is 5.92 Å². The highest BCUT2D eigenvalue weighted by atomic mass is 32.2. The fourth-order valence-electron chi connectivity index (χ4n) is 2.08. The number of carbonyl (C=O) groups is 1. The van der Waals surface area contributed by atoms with E-state index < -0.39 is 0 Å². The van der Waals surface area contributed by atoms with Gasteiger partial charge in [-0.2, -0.15) is 0 Å². The Bertz CT molecular complexity index is 190. The van der Waals surface area contributed by atoms with Gasteiger partial charge in [0, 0.05) is 5.92 Å². The van der Waals surface area contributed by atoms with Gasteiger partial charge in [-0.3, -0.25) is 4.79 Å². The van der Waals surface area contributed by atoms with E-state index in [4.69, 9.17) is 0 Å². The van der Waals surface area contributed by atoms with Crippen molar-refractivity contribution in [1.29, 1.82) is 0 Å². The standard InChI is InChI=1S/C10H16OS/c1-10(6-3-7-12-10)9(11)8-4-2-5-8/h8H,2-7H2,1H3. The van der Waals surface area contributed by atoms with Gasteiger partial charge < -0.3 is 0 Å². The van der Waals surface area contributed by atoms with Crippen molar-refractivity contribution in [3.05, 3.63) is 0 Å². The zero-order valence-corrected chi connectivity index (χ0v) is 8.45. The summed E-state index contributed by atoms with van der Waals surface area (Å²) in [6, 6.07) is 0. The second kappa shape index (κ2) is 3.06. The van der Waals surface area contributed by atoms with Crippen molar-refractivity contribution in [3.8, 4) is 0 Å². The van der Waals surface area contributed by atoms with Gasteiger partial charge in [0.15, 0.2) is 5.78 Å². The molecule has 1 unspecified atom stereocenters. The van der Waals surface area contributed by atoms with E-state index in [9.17, 15) is 4.79 Å². The van der Waals surface area contributed by atoms with Gasteiger partial charge in [-0.25, -0.2) is 0 Å². The average Bonchev–Trinajstić information content (AvgIpc) is 2.33. The number of thioether (sulfide) groups is 1. The largest absolute Gasteiger partial charge is 0.298 e. The molecule has 0 aromatic carbocycles. The van der Waals surface area contributed by atoms with Crippen molar-refractivity contribution < 1.29 is 4.79 Å². The van der Waals surface area contributed by atoms with Crippen molar-refractivity contribution in [2.45, 2.75) is 43.8 Å². The maximum Gasteiger partial charge on any atom is 0.151 e. The Hall–Kier alpha value is 0.0200. The molecule has 12 heavy (non-hydrogen) atoms. The highest BCUT2D eigenvalue weighted by Crippen LogP contribution is 2.43. The number of hydrogen-bond acceptors (Lipinski definition) is 2. The quantitative estimate of drug-likeness (QED) is 0.656. The lowest BCUT2D eigenvalue weighted by Gasteiger charge is -2.31. The highest BCUT2D eigenvalue weighted by molar-refractivity contribution is 8.01. The van der Waals surface area contributed by atoms with Gasteiger partial charge in [0.2, 0.25) is 0 Å². The molecular formula is C10H16OS. The molecule has 2 aliphatic rings. The lowest BCUT2D eigenvalue weighted by Crippen LogP contribution is -2.37. The summed E-state index contributed by atoms with van der Waals surface area (Å²) in [4.78, 5) is 11.9. The van der Waals surface area contributed by atoms with Gasteiger partial charge in [-0.1, -0.05) is 6.42 Å². The SMILES string of the molecule is CC1(C(=O)C2CCC2)CCCS1. The zero-order valence-electron chi connectivity index (χ0n) is 7.64. The number of rotatable bonds is 2. The molecule has 1 heterocycles. The molecule has 2 rings (SSSR count). The van der Waals surface area contributed by atoms with Gasteiger partial charge in [-0.05, 0) is 38.4 Å². The van der Waals surface area contributed by atoms with Gasteiger partial charge in [0.05, 0.1) is 4.75 Å². The molecule has 1 saturated carbocycles. The van der Waals surface area contributed by atoms with Crippen LogP contribution in [-0.2, 0) is 4.79 Å². The minimum absolute atomic E-state index is 0.00505. The summed E-state index contributed by atoms with van der Waals surface area (Å²) in [7, 11) is 0. The second-order valence-electron chi connectivity index (χ2n) is 4.17. The lowest BCUT2D eigenvalue weighted by atomic mass is 9.77. The van der Waals surface area contributed by atoms with Crippen LogP contribution in [0.5, 0.6) is 0 Å². The monoisotopic (exact) mass is 184 g/mol. The smallest absolute Gasteiger partial charge is 0.151 e.